The molecule has 0 amide bonds. The van der Waals surface area contributed by atoms with Gasteiger partial charge in [-0.25, -0.2) is 9.13 Å². The fourth-order valence-electron chi connectivity index (χ4n) is 1.80. The zero-order valence-electron chi connectivity index (χ0n) is 8.82. The van der Waals surface area contributed by atoms with E-state index in [9.17, 15) is 0 Å². The fraction of sp³-hybridized carbons (Fsp3) is 0.364. The van der Waals surface area contributed by atoms with Gasteiger partial charge >= 0.3 is 0 Å². The second-order valence-corrected chi connectivity index (χ2v) is 3.44. The molecule has 0 radical (unpaired) electrons. The lowest BCUT2D eigenvalue weighted by Crippen LogP contribution is -2.30. The van der Waals surface area contributed by atoms with Gasteiger partial charge in [0.1, 0.15) is 0 Å². The standard InChI is InChI=1S/C11H15N2O/c1-9-12(2)10-6-4-5-7-11(10)13(9)8-14-3/h4-7H,8H2,1-3H3/q+1. The van der Waals surface area contributed by atoms with Gasteiger partial charge in [-0.15, -0.1) is 0 Å². The summed E-state index contributed by atoms with van der Waals surface area (Å²) in [4.78, 5) is 0. The highest BCUT2D eigenvalue weighted by Gasteiger charge is 2.17. The van der Waals surface area contributed by atoms with Crippen molar-refractivity contribution in [2.45, 2.75) is 13.7 Å². The summed E-state index contributed by atoms with van der Waals surface area (Å²) in [6, 6.07) is 8.34. The molecular formula is C11H15N2O+. The molecule has 1 aromatic carbocycles. The van der Waals surface area contributed by atoms with Gasteiger partial charge in [0.05, 0.1) is 7.05 Å². The van der Waals surface area contributed by atoms with Crippen LogP contribution in [-0.4, -0.2) is 11.7 Å². The quantitative estimate of drug-likeness (QED) is 0.656. The monoisotopic (exact) mass is 191 g/mol. The molecule has 0 aliphatic carbocycles. The Morgan fingerprint density at radius 2 is 2.07 bits per heavy atom. The van der Waals surface area contributed by atoms with Crippen LogP contribution in [0.4, 0.5) is 0 Å². The van der Waals surface area contributed by atoms with Crippen LogP contribution in [0.25, 0.3) is 11.0 Å². The van der Waals surface area contributed by atoms with Crippen LogP contribution in [0.2, 0.25) is 0 Å². The van der Waals surface area contributed by atoms with Crippen molar-refractivity contribution in [1.82, 2.24) is 4.57 Å². The number of imidazole rings is 1. The second-order valence-electron chi connectivity index (χ2n) is 3.44. The van der Waals surface area contributed by atoms with E-state index in [4.69, 9.17) is 4.74 Å². The summed E-state index contributed by atoms with van der Waals surface area (Å²) in [5.41, 5.74) is 2.46. The molecule has 3 heteroatoms. The molecule has 0 aliphatic heterocycles. The van der Waals surface area contributed by atoms with E-state index in [0.717, 1.165) is 0 Å². The third-order valence-electron chi connectivity index (χ3n) is 2.67. The number of hydrogen-bond acceptors (Lipinski definition) is 1. The van der Waals surface area contributed by atoms with Crippen molar-refractivity contribution in [3.8, 4) is 0 Å². The van der Waals surface area contributed by atoms with Gasteiger partial charge < -0.3 is 4.74 Å². The van der Waals surface area contributed by atoms with Gasteiger partial charge in [-0.2, -0.15) is 0 Å². The van der Waals surface area contributed by atoms with E-state index < -0.39 is 0 Å². The molecule has 0 fully saturated rings. The highest BCUT2D eigenvalue weighted by molar-refractivity contribution is 5.72. The van der Waals surface area contributed by atoms with Crippen LogP contribution in [0.1, 0.15) is 5.82 Å². The molecule has 0 aliphatic rings. The lowest BCUT2D eigenvalue weighted by atomic mass is 10.3. The van der Waals surface area contributed by atoms with Gasteiger partial charge in [-0.1, -0.05) is 12.1 Å². The van der Waals surface area contributed by atoms with Crippen molar-refractivity contribution in [2.24, 2.45) is 7.05 Å². The van der Waals surface area contributed by atoms with Gasteiger partial charge in [-0.3, -0.25) is 0 Å². The molecule has 1 aromatic heterocycles. The van der Waals surface area contributed by atoms with Crippen molar-refractivity contribution in [2.75, 3.05) is 7.11 Å². The van der Waals surface area contributed by atoms with Crippen molar-refractivity contribution >= 4 is 11.0 Å². The Morgan fingerprint density at radius 1 is 1.36 bits per heavy atom. The third kappa shape index (κ3) is 1.21. The molecule has 1 heterocycles. The lowest BCUT2D eigenvalue weighted by Gasteiger charge is -1.96. The van der Waals surface area contributed by atoms with E-state index in [1.807, 2.05) is 6.07 Å². The fourth-order valence-corrected chi connectivity index (χ4v) is 1.80. The first-order valence-electron chi connectivity index (χ1n) is 4.68. The Bertz CT molecular complexity index is 460. The second kappa shape index (κ2) is 3.42. The number of nitrogens with zero attached hydrogens (tertiary/aromatic N) is 2. The molecule has 0 saturated heterocycles. The Labute approximate surface area is 83.5 Å². The van der Waals surface area contributed by atoms with Crippen LogP contribution >= 0.6 is 0 Å². The van der Waals surface area contributed by atoms with E-state index in [1.54, 1.807) is 7.11 Å². The lowest BCUT2D eigenvalue weighted by molar-refractivity contribution is -0.652. The summed E-state index contributed by atoms with van der Waals surface area (Å²) in [5.74, 6) is 1.20. The van der Waals surface area contributed by atoms with Crippen LogP contribution in [0.15, 0.2) is 24.3 Å². The SMILES string of the molecule is COCn1c(C)[n+](C)c2ccccc21. The highest BCUT2D eigenvalue weighted by atomic mass is 16.5. The minimum Gasteiger partial charge on any atom is -0.345 e. The average molecular weight is 191 g/mol. The molecule has 74 valence electrons. The van der Waals surface area contributed by atoms with Crippen molar-refractivity contribution < 1.29 is 9.30 Å². The summed E-state index contributed by atoms with van der Waals surface area (Å²) in [5, 5.41) is 0. The summed E-state index contributed by atoms with van der Waals surface area (Å²) in [7, 11) is 3.79. The van der Waals surface area contributed by atoms with Gasteiger partial charge in [0.2, 0.25) is 0 Å². The van der Waals surface area contributed by atoms with E-state index >= 15 is 0 Å². The third-order valence-corrected chi connectivity index (χ3v) is 2.67. The minimum atomic E-state index is 0.604. The van der Waals surface area contributed by atoms with Crippen LogP contribution in [-0.2, 0) is 18.5 Å². The van der Waals surface area contributed by atoms with Crippen molar-refractivity contribution in [1.29, 1.82) is 0 Å². The molecule has 0 spiro atoms. The predicted octanol–water partition coefficient (Wildman–Crippen LogP) is 1.38. The Kier molecular flexibility index (Phi) is 2.25. The summed E-state index contributed by atoms with van der Waals surface area (Å²) < 4.78 is 9.52. The largest absolute Gasteiger partial charge is 0.345 e. The summed E-state index contributed by atoms with van der Waals surface area (Å²) >= 11 is 0. The van der Waals surface area contributed by atoms with Gasteiger partial charge in [-0.05, 0) is 12.1 Å². The smallest absolute Gasteiger partial charge is 0.255 e. The van der Waals surface area contributed by atoms with Crippen LogP contribution in [0.3, 0.4) is 0 Å². The summed E-state index contributed by atoms with van der Waals surface area (Å²) in [6.45, 7) is 2.70. The number of rotatable bonds is 2. The Balaban J connectivity index is 2.74. The highest BCUT2D eigenvalue weighted by Crippen LogP contribution is 2.12. The van der Waals surface area contributed by atoms with E-state index in [2.05, 4.69) is 41.3 Å². The first-order chi connectivity index (χ1) is 6.75. The zero-order chi connectivity index (χ0) is 10.1. The Hall–Kier alpha value is -1.35. The minimum absolute atomic E-state index is 0.604. The number of methoxy groups -OCH3 is 1. The van der Waals surface area contributed by atoms with Gasteiger partial charge in [0, 0.05) is 14.0 Å². The number of aryl methyl sites for hydroxylation is 1. The first-order valence-corrected chi connectivity index (χ1v) is 4.68. The number of aromatic nitrogens is 2. The predicted molar refractivity (Wildman–Crippen MR) is 54.9 cm³/mol. The van der Waals surface area contributed by atoms with Crippen LogP contribution in [0.5, 0.6) is 0 Å². The maximum Gasteiger partial charge on any atom is 0.255 e. The molecule has 3 nitrogen and oxygen atoms in total. The molecule has 0 atom stereocenters. The molecule has 14 heavy (non-hydrogen) atoms. The van der Waals surface area contributed by atoms with E-state index in [1.165, 1.54) is 16.9 Å². The molecule has 0 N–H and O–H groups in total. The topological polar surface area (TPSA) is 18.0 Å². The summed E-state index contributed by atoms with van der Waals surface area (Å²) in [6.07, 6.45) is 0. The van der Waals surface area contributed by atoms with Gasteiger partial charge in [0.25, 0.3) is 5.82 Å². The van der Waals surface area contributed by atoms with Crippen molar-refractivity contribution in [3.63, 3.8) is 0 Å². The van der Waals surface area contributed by atoms with Crippen LogP contribution in [0, 0.1) is 6.92 Å². The number of fused-ring (bicyclic) bond motifs is 1. The molecule has 0 bridgehead atoms. The Morgan fingerprint density at radius 3 is 2.79 bits per heavy atom. The number of ether oxygens (including phenoxy) is 1. The number of hydrogen-bond donors (Lipinski definition) is 0. The first kappa shape index (κ1) is 9.21. The maximum absolute atomic E-state index is 5.18. The van der Waals surface area contributed by atoms with Crippen LogP contribution < -0.4 is 4.57 Å². The number of para-hydroxylation sites is 2. The molecular weight excluding hydrogens is 176 g/mol. The van der Waals surface area contributed by atoms with Gasteiger partial charge in [0.15, 0.2) is 17.8 Å². The molecule has 0 saturated carbocycles. The average Bonchev–Trinajstić information content (AvgIpc) is 2.45. The van der Waals surface area contributed by atoms with E-state index in [0.29, 0.717) is 6.73 Å². The van der Waals surface area contributed by atoms with E-state index in [-0.39, 0.29) is 0 Å². The zero-order valence-corrected chi connectivity index (χ0v) is 8.82. The molecule has 2 aromatic rings. The molecule has 2 rings (SSSR count). The van der Waals surface area contributed by atoms with Crippen molar-refractivity contribution in [3.05, 3.63) is 30.1 Å². The molecule has 0 unspecified atom stereocenters. The maximum atomic E-state index is 5.18. The number of benzene rings is 1. The normalized spacial score (nSPS) is 11.1.